The second-order valence-electron chi connectivity index (χ2n) is 5.18. The Kier molecular flexibility index (Phi) is 3.40. The molecule has 2 rings (SSSR count). The maximum Gasteiger partial charge on any atom is 0.0810 e. The predicted octanol–water partition coefficient (Wildman–Crippen LogP) is 2.09. The molecule has 2 N–H and O–H groups in total. The highest BCUT2D eigenvalue weighted by Gasteiger charge is 2.31. The number of anilines is 1. The Balaban J connectivity index is 2.09. The Morgan fingerprint density at radius 1 is 1.35 bits per heavy atom. The average Bonchev–Trinajstić information content (AvgIpc) is 2.69. The SMILES string of the molecule is CC[C@@H](O)c1ccc(N2CCC(C)(O)C2)cc1. The zero-order chi connectivity index (χ0) is 12.5. The molecular weight excluding hydrogens is 214 g/mol. The Bertz CT molecular complexity index is 372. The first-order valence-corrected chi connectivity index (χ1v) is 6.27. The van der Waals surface area contributed by atoms with E-state index in [0.717, 1.165) is 30.6 Å². The first-order chi connectivity index (χ1) is 8.02. The number of hydrogen-bond acceptors (Lipinski definition) is 3. The van der Waals surface area contributed by atoms with Crippen molar-refractivity contribution in [2.24, 2.45) is 0 Å². The molecule has 3 heteroatoms. The number of β-amino-alcohol motifs (C(OH)–C–C–N with tert-alkyl or cyclic N) is 1. The molecule has 0 aromatic heterocycles. The molecule has 1 unspecified atom stereocenters. The molecule has 1 heterocycles. The quantitative estimate of drug-likeness (QED) is 0.843. The van der Waals surface area contributed by atoms with Crippen molar-refractivity contribution in [2.75, 3.05) is 18.0 Å². The van der Waals surface area contributed by atoms with Crippen LogP contribution in [0.4, 0.5) is 5.69 Å². The van der Waals surface area contributed by atoms with Crippen molar-refractivity contribution in [2.45, 2.75) is 38.4 Å². The third-order valence-electron chi connectivity index (χ3n) is 3.48. The fraction of sp³-hybridized carbons (Fsp3) is 0.571. The van der Waals surface area contributed by atoms with Crippen LogP contribution in [0, 0.1) is 0 Å². The van der Waals surface area contributed by atoms with Crippen LogP contribution in [-0.4, -0.2) is 28.9 Å². The Labute approximate surface area is 103 Å². The summed E-state index contributed by atoms with van der Waals surface area (Å²) in [6.07, 6.45) is 1.18. The first-order valence-electron chi connectivity index (χ1n) is 6.27. The summed E-state index contributed by atoms with van der Waals surface area (Å²) in [5, 5.41) is 19.6. The molecule has 1 aromatic rings. The van der Waals surface area contributed by atoms with Crippen molar-refractivity contribution in [3.63, 3.8) is 0 Å². The van der Waals surface area contributed by atoms with Crippen LogP contribution in [0.3, 0.4) is 0 Å². The van der Waals surface area contributed by atoms with Crippen LogP contribution in [0.2, 0.25) is 0 Å². The summed E-state index contributed by atoms with van der Waals surface area (Å²) in [6, 6.07) is 7.98. The third kappa shape index (κ3) is 2.79. The Hall–Kier alpha value is -1.06. The summed E-state index contributed by atoms with van der Waals surface area (Å²) < 4.78 is 0. The van der Waals surface area contributed by atoms with Gasteiger partial charge in [0.15, 0.2) is 0 Å². The molecule has 17 heavy (non-hydrogen) atoms. The lowest BCUT2D eigenvalue weighted by Crippen LogP contribution is -2.29. The molecule has 1 saturated heterocycles. The van der Waals surface area contributed by atoms with E-state index in [1.807, 2.05) is 38.1 Å². The van der Waals surface area contributed by atoms with Gasteiger partial charge in [-0.15, -0.1) is 0 Å². The van der Waals surface area contributed by atoms with Gasteiger partial charge in [-0.2, -0.15) is 0 Å². The largest absolute Gasteiger partial charge is 0.388 e. The van der Waals surface area contributed by atoms with E-state index in [-0.39, 0.29) is 6.10 Å². The average molecular weight is 235 g/mol. The van der Waals surface area contributed by atoms with Crippen molar-refractivity contribution in [1.29, 1.82) is 0 Å². The van der Waals surface area contributed by atoms with E-state index >= 15 is 0 Å². The minimum absolute atomic E-state index is 0.370. The number of benzene rings is 1. The molecule has 1 fully saturated rings. The summed E-state index contributed by atoms with van der Waals surface area (Å²) in [4.78, 5) is 2.18. The zero-order valence-electron chi connectivity index (χ0n) is 10.6. The lowest BCUT2D eigenvalue weighted by molar-refractivity contribution is 0.0839. The standard InChI is InChI=1S/C14H21NO2/c1-3-13(16)11-4-6-12(7-5-11)15-9-8-14(2,17)10-15/h4-7,13,16-17H,3,8-10H2,1-2H3/t13-,14?/m1/s1. The molecule has 3 nitrogen and oxygen atoms in total. The molecule has 0 bridgehead atoms. The lowest BCUT2D eigenvalue weighted by Gasteiger charge is -2.21. The van der Waals surface area contributed by atoms with Crippen LogP contribution in [0.1, 0.15) is 38.4 Å². The highest BCUT2D eigenvalue weighted by atomic mass is 16.3. The summed E-state index contributed by atoms with van der Waals surface area (Å²) in [5.41, 5.74) is 1.51. The van der Waals surface area contributed by atoms with E-state index in [9.17, 15) is 10.2 Å². The van der Waals surface area contributed by atoms with Crippen LogP contribution in [-0.2, 0) is 0 Å². The molecule has 0 aliphatic carbocycles. The highest BCUT2D eigenvalue weighted by molar-refractivity contribution is 5.49. The second kappa shape index (κ2) is 4.67. The van der Waals surface area contributed by atoms with Gasteiger partial charge in [0.25, 0.3) is 0 Å². The monoisotopic (exact) mass is 235 g/mol. The molecule has 0 spiro atoms. The van der Waals surface area contributed by atoms with Gasteiger partial charge in [0, 0.05) is 18.8 Å². The molecule has 94 valence electrons. The smallest absolute Gasteiger partial charge is 0.0810 e. The minimum atomic E-state index is -0.568. The Morgan fingerprint density at radius 2 is 2.00 bits per heavy atom. The maximum atomic E-state index is 9.93. The van der Waals surface area contributed by atoms with Gasteiger partial charge >= 0.3 is 0 Å². The lowest BCUT2D eigenvalue weighted by atomic mass is 10.1. The van der Waals surface area contributed by atoms with E-state index in [4.69, 9.17) is 0 Å². The van der Waals surface area contributed by atoms with Crippen molar-refractivity contribution in [3.05, 3.63) is 29.8 Å². The van der Waals surface area contributed by atoms with E-state index < -0.39 is 5.60 Å². The van der Waals surface area contributed by atoms with Crippen molar-refractivity contribution < 1.29 is 10.2 Å². The number of nitrogens with zero attached hydrogens (tertiary/aromatic N) is 1. The minimum Gasteiger partial charge on any atom is -0.388 e. The maximum absolute atomic E-state index is 9.93. The molecule has 1 aromatic carbocycles. The summed E-state index contributed by atoms with van der Waals surface area (Å²) >= 11 is 0. The molecule has 2 atom stereocenters. The van der Waals surface area contributed by atoms with E-state index in [0.29, 0.717) is 6.54 Å². The van der Waals surface area contributed by atoms with Crippen molar-refractivity contribution in [3.8, 4) is 0 Å². The fourth-order valence-corrected chi connectivity index (χ4v) is 2.31. The van der Waals surface area contributed by atoms with Crippen molar-refractivity contribution >= 4 is 5.69 Å². The van der Waals surface area contributed by atoms with Crippen LogP contribution in [0.5, 0.6) is 0 Å². The predicted molar refractivity (Wildman–Crippen MR) is 69.1 cm³/mol. The summed E-state index contributed by atoms with van der Waals surface area (Å²) in [7, 11) is 0. The number of aliphatic hydroxyl groups excluding tert-OH is 1. The summed E-state index contributed by atoms with van der Waals surface area (Å²) in [5.74, 6) is 0. The third-order valence-corrected chi connectivity index (χ3v) is 3.48. The first kappa shape index (κ1) is 12.4. The molecule has 0 saturated carbocycles. The van der Waals surface area contributed by atoms with Crippen LogP contribution in [0.25, 0.3) is 0 Å². The van der Waals surface area contributed by atoms with E-state index in [1.165, 1.54) is 0 Å². The highest BCUT2D eigenvalue weighted by Crippen LogP contribution is 2.27. The van der Waals surface area contributed by atoms with Crippen LogP contribution in [0.15, 0.2) is 24.3 Å². The zero-order valence-corrected chi connectivity index (χ0v) is 10.6. The van der Waals surface area contributed by atoms with Gasteiger partial charge in [-0.1, -0.05) is 19.1 Å². The topological polar surface area (TPSA) is 43.7 Å². The van der Waals surface area contributed by atoms with Gasteiger partial charge in [-0.25, -0.2) is 0 Å². The Morgan fingerprint density at radius 3 is 2.47 bits per heavy atom. The van der Waals surface area contributed by atoms with E-state index in [2.05, 4.69) is 4.90 Å². The van der Waals surface area contributed by atoms with Gasteiger partial charge < -0.3 is 15.1 Å². The van der Waals surface area contributed by atoms with Gasteiger partial charge in [-0.3, -0.25) is 0 Å². The number of aliphatic hydroxyl groups is 2. The molecule has 1 aliphatic rings. The fourth-order valence-electron chi connectivity index (χ4n) is 2.31. The van der Waals surface area contributed by atoms with Crippen molar-refractivity contribution in [1.82, 2.24) is 0 Å². The number of rotatable bonds is 3. The van der Waals surface area contributed by atoms with E-state index in [1.54, 1.807) is 0 Å². The normalized spacial score (nSPS) is 26.2. The second-order valence-corrected chi connectivity index (χ2v) is 5.18. The molecule has 1 aliphatic heterocycles. The van der Waals surface area contributed by atoms with Gasteiger partial charge in [0.1, 0.15) is 0 Å². The summed E-state index contributed by atoms with van der Waals surface area (Å²) in [6.45, 7) is 5.42. The molecule has 0 radical (unpaired) electrons. The molecule has 0 amide bonds. The van der Waals surface area contributed by atoms with Gasteiger partial charge in [0.2, 0.25) is 0 Å². The molecular formula is C14H21NO2. The van der Waals surface area contributed by atoms with Gasteiger partial charge in [-0.05, 0) is 37.5 Å². The van der Waals surface area contributed by atoms with Gasteiger partial charge in [0.05, 0.1) is 11.7 Å². The number of hydrogen-bond donors (Lipinski definition) is 2. The van der Waals surface area contributed by atoms with Crippen LogP contribution >= 0.6 is 0 Å². The van der Waals surface area contributed by atoms with Crippen LogP contribution < -0.4 is 4.90 Å².